The molecule has 0 N–H and O–H groups in total. The Hall–Kier alpha value is -2.62. The van der Waals surface area contributed by atoms with E-state index in [0.29, 0.717) is 0 Å². The van der Waals surface area contributed by atoms with E-state index < -0.39 is 11.9 Å². The summed E-state index contributed by atoms with van der Waals surface area (Å²) in [6.07, 6.45) is 2.07. The molecule has 0 fully saturated rings. The van der Waals surface area contributed by atoms with Gasteiger partial charge in [-0.2, -0.15) is 0 Å². The van der Waals surface area contributed by atoms with Crippen LogP contribution in [0.15, 0.2) is 77.9 Å². The van der Waals surface area contributed by atoms with Crippen LogP contribution in [0.25, 0.3) is 0 Å². The number of esters is 2. The first-order valence-corrected chi connectivity index (χ1v) is 5.29. The van der Waals surface area contributed by atoms with E-state index in [-0.39, 0.29) is 13.2 Å². The summed E-state index contributed by atoms with van der Waals surface area (Å²) in [6.45, 7) is 30.4. The van der Waals surface area contributed by atoms with E-state index in [4.69, 9.17) is 0 Å². The molecular weight excluding hydrogens is 256 g/mol. The molecule has 0 aromatic rings. The summed E-state index contributed by atoms with van der Waals surface area (Å²) in [5, 5.41) is 0. The lowest BCUT2D eigenvalue weighted by Crippen LogP contribution is -2.10. The van der Waals surface area contributed by atoms with Crippen molar-refractivity contribution < 1.29 is 19.1 Å². The SMILES string of the molecule is C=C.C=C.C=C.C=C.C=CC(=O)OCCOC(=O)C=C. The molecule has 4 heteroatoms. The van der Waals surface area contributed by atoms with Gasteiger partial charge in [-0.3, -0.25) is 0 Å². The predicted octanol–water partition coefficient (Wildman–Crippen LogP) is 3.65. The average molecular weight is 282 g/mol. The largest absolute Gasteiger partial charge is 0.459 e. The summed E-state index contributed by atoms with van der Waals surface area (Å²) in [4.78, 5) is 20.9. The molecule has 0 aliphatic rings. The lowest BCUT2D eigenvalue weighted by atomic mass is 10.6. The van der Waals surface area contributed by atoms with Gasteiger partial charge in [-0.25, -0.2) is 9.59 Å². The molecule has 0 saturated carbocycles. The molecular formula is C16H26O4. The average Bonchev–Trinajstić information content (AvgIpc) is 2.58. The van der Waals surface area contributed by atoms with Gasteiger partial charge >= 0.3 is 11.9 Å². The molecule has 0 aliphatic carbocycles. The Labute approximate surface area is 123 Å². The molecule has 0 aliphatic heterocycles. The maximum absolute atomic E-state index is 10.4. The van der Waals surface area contributed by atoms with Gasteiger partial charge in [0.15, 0.2) is 0 Å². The first-order valence-electron chi connectivity index (χ1n) is 5.29. The molecule has 0 amide bonds. The molecule has 0 aromatic carbocycles. The minimum atomic E-state index is -0.537. The second kappa shape index (κ2) is 44.0. The van der Waals surface area contributed by atoms with Crippen LogP contribution in [-0.2, 0) is 19.1 Å². The lowest BCUT2D eigenvalue weighted by Gasteiger charge is -2.01. The zero-order chi connectivity index (χ0) is 17.4. The Kier molecular flexibility index (Phi) is 67.0. The summed E-state index contributed by atoms with van der Waals surface area (Å²) in [5.41, 5.74) is 0. The fourth-order valence-corrected chi connectivity index (χ4v) is 0.402. The predicted molar refractivity (Wildman–Crippen MR) is 87.3 cm³/mol. The van der Waals surface area contributed by atoms with Gasteiger partial charge in [0.1, 0.15) is 13.2 Å². The van der Waals surface area contributed by atoms with E-state index in [9.17, 15) is 9.59 Å². The Balaban J connectivity index is -0.0000000799. The van der Waals surface area contributed by atoms with E-state index in [1.54, 1.807) is 0 Å². The summed E-state index contributed by atoms with van der Waals surface area (Å²) >= 11 is 0. The second-order valence-corrected chi connectivity index (χ2v) is 1.74. The summed E-state index contributed by atoms with van der Waals surface area (Å²) in [7, 11) is 0. The van der Waals surface area contributed by atoms with Crippen LogP contribution in [-0.4, -0.2) is 25.2 Å². The van der Waals surface area contributed by atoms with Gasteiger partial charge in [0.25, 0.3) is 0 Å². The van der Waals surface area contributed by atoms with Gasteiger partial charge in [0, 0.05) is 12.2 Å². The maximum Gasteiger partial charge on any atom is 0.330 e. The molecule has 0 heterocycles. The van der Waals surface area contributed by atoms with Crippen LogP contribution in [0, 0.1) is 0 Å². The van der Waals surface area contributed by atoms with Gasteiger partial charge < -0.3 is 9.47 Å². The monoisotopic (exact) mass is 282 g/mol. The van der Waals surface area contributed by atoms with E-state index in [2.05, 4.69) is 75.3 Å². The molecule has 4 nitrogen and oxygen atoms in total. The van der Waals surface area contributed by atoms with Crippen molar-refractivity contribution in [1.82, 2.24) is 0 Å². The Morgan fingerprint density at radius 1 is 0.650 bits per heavy atom. The summed E-state index contributed by atoms with van der Waals surface area (Å²) < 4.78 is 9.04. The molecule has 0 bridgehead atoms. The third kappa shape index (κ3) is 45.3. The highest BCUT2D eigenvalue weighted by Crippen LogP contribution is 1.82. The Morgan fingerprint density at radius 2 is 0.850 bits per heavy atom. The summed E-state index contributed by atoms with van der Waals surface area (Å²) in [6, 6.07) is 0. The van der Waals surface area contributed by atoms with Crippen LogP contribution in [0.3, 0.4) is 0 Å². The standard InChI is InChI=1S/C8H10O4.4C2H4/c1-3-7(9)11-5-6-12-8(10)4-2;4*1-2/h3-4H,1-2,5-6H2;4*1-2H2. The Bertz CT molecular complexity index is 217. The van der Waals surface area contributed by atoms with Crippen molar-refractivity contribution in [2.24, 2.45) is 0 Å². The molecule has 0 atom stereocenters. The van der Waals surface area contributed by atoms with E-state index in [0.717, 1.165) is 12.2 Å². The minimum absolute atomic E-state index is 0.0322. The molecule has 0 aromatic heterocycles. The smallest absolute Gasteiger partial charge is 0.330 e. The van der Waals surface area contributed by atoms with Crippen molar-refractivity contribution in [2.75, 3.05) is 13.2 Å². The van der Waals surface area contributed by atoms with Crippen LogP contribution < -0.4 is 0 Å². The minimum Gasteiger partial charge on any atom is -0.459 e. The fourth-order valence-electron chi connectivity index (χ4n) is 0.402. The van der Waals surface area contributed by atoms with Gasteiger partial charge in [-0.15, -0.1) is 52.6 Å². The van der Waals surface area contributed by atoms with Crippen molar-refractivity contribution >= 4 is 11.9 Å². The second-order valence-electron chi connectivity index (χ2n) is 1.74. The van der Waals surface area contributed by atoms with Crippen LogP contribution >= 0.6 is 0 Å². The highest BCUT2D eigenvalue weighted by Gasteiger charge is 1.97. The van der Waals surface area contributed by atoms with E-state index >= 15 is 0 Å². The molecule has 0 saturated heterocycles. The number of hydrogen-bond acceptors (Lipinski definition) is 4. The van der Waals surface area contributed by atoms with Gasteiger partial charge in [-0.1, -0.05) is 13.2 Å². The normalized spacial score (nSPS) is 5.80. The number of ether oxygens (including phenoxy) is 2. The van der Waals surface area contributed by atoms with Crippen molar-refractivity contribution in [3.63, 3.8) is 0 Å². The van der Waals surface area contributed by atoms with Crippen molar-refractivity contribution in [3.8, 4) is 0 Å². The zero-order valence-electron chi connectivity index (χ0n) is 12.3. The highest BCUT2D eigenvalue weighted by atomic mass is 16.6. The summed E-state index contributed by atoms with van der Waals surface area (Å²) in [5.74, 6) is -1.07. The fraction of sp³-hybridized carbons (Fsp3) is 0.125. The highest BCUT2D eigenvalue weighted by molar-refractivity contribution is 5.81. The van der Waals surface area contributed by atoms with E-state index in [1.807, 2.05) is 0 Å². The number of carbonyl (C=O) groups is 2. The van der Waals surface area contributed by atoms with Crippen LogP contribution in [0.5, 0.6) is 0 Å². The number of carbonyl (C=O) groups excluding carboxylic acids is 2. The Morgan fingerprint density at radius 3 is 1.00 bits per heavy atom. The first kappa shape index (κ1) is 30.4. The number of hydrogen-bond donors (Lipinski definition) is 0. The topological polar surface area (TPSA) is 52.6 Å². The zero-order valence-corrected chi connectivity index (χ0v) is 12.3. The van der Waals surface area contributed by atoms with Crippen molar-refractivity contribution in [2.45, 2.75) is 0 Å². The lowest BCUT2D eigenvalue weighted by molar-refractivity contribution is -0.146. The molecule has 0 spiro atoms. The van der Waals surface area contributed by atoms with Gasteiger partial charge in [0.2, 0.25) is 0 Å². The van der Waals surface area contributed by atoms with Crippen molar-refractivity contribution in [3.05, 3.63) is 77.9 Å². The van der Waals surface area contributed by atoms with Crippen LogP contribution in [0.4, 0.5) is 0 Å². The van der Waals surface area contributed by atoms with Gasteiger partial charge in [-0.05, 0) is 0 Å². The molecule has 0 radical (unpaired) electrons. The molecule has 20 heavy (non-hydrogen) atoms. The molecule has 0 rings (SSSR count). The van der Waals surface area contributed by atoms with E-state index in [1.165, 1.54) is 0 Å². The third-order valence-corrected chi connectivity index (χ3v) is 0.905. The third-order valence-electron chi connectivity index (χ3n) is 0.905. The molecule has 0 unspecified atom stereocenters. The first-order chi connectivity index (χ1) is 9.70. The van der Waals surface area contributed by atoms with Crippen LogP contribution in [0.2, 0.25) is 0 Å². The number of rotatable bonds is 5. The van der Waals surface area contributed by atoms with Gasteiger partial charge in [0.05, 0.1) is 0 Å². The molecule has 114 valence electrons. The van der Waals surface area contributed by atoms with Crippen molar-refractivity contribution in [1.29, 1.82) is 0 Å². The quantitative estimate of drug-likeness (QED) is 0.334. The maximum atomic E-state index is 10.4. The van der Waals surface area contributed by atoms with Crippen LogP contribution in [0.1, 0.15) is 0 Å².